The molecule has 0 spiro atoms. The third kappa shape index (κ3) is 2.91. The molecule has 1 aromatic carbocycles. The lowest BCUT2D eigenvalue weighted by molar-refractivity contribution is -0.122. The predicted octanol–water partition coefficient (Wildman–Crippen LogP) is 2.35. The molecule has 3 nitrogen and oxygen atoms in total. The van der Waals surface area contributed by atoms with Gasteiger partial charge in [0.1, 0.15) is 0 Å². The highest BCUT2D eigenvalue weighted by molar-refractivity contribution is 5.95. The third-order valence-corrected chi connectivity index (χ3v) is 3.54. The molecule has 0 saturated carbocycles. The number of carbonyl (C=O) groups is 1. The first-order valence-electron chi connectivity index (χ1n) is 6.81. The highest BCUT2D eigenvalue weighted by Crippen LogP contribution is 2.21. The Morgan fingerprint density at radius 1 is 1.50 bits per heavy atom. The molecule has 1 saturated heterocycles. The minimum atomic E-state index is 0.138. The molecule has 1 N–H and O–H groups in total. The second kappa shape index (κ2) is 6.01. The average Bonchev–Trinajstić information content (AvgIpc) is 2.40. The van der Waals surface area contributed by atoms with Gasteiger partial charge in [-0.05, 0) is 50.9 Å². The quantitative estimate of drug-likeness (QED) is 0.888. The SMILES string of the molecule is CCN(C(=O)[C@@H]1CCCNC1)c1cccc(C)c1. The smallest absolute Gasteiger partial charge is 0.231 e. The van der Waals surface area contributed by atoms with Crippen molar-refractivity contribution in [3.05, 3.63) is 29.8 Å². The Morgan fingerprint density at radius 3 is 2.94 bits per heavy atom. The van der Waals surface area contributed by atoms with Gasteiger partial charge in [0.25, 0.3) is 0 Å². The Morgan fingerprint density at radius 2 is 2.33 bits per heavy atom. The van der Waals surface area contributed by atoms with Gasteiger partial charge in [0.2, 0.25) is 5.91 Å². The lowest BCUT2D eigenvalue weighted by Crippen LogP contribution is -2.43. The molecule has 1 aromatic rings. The van der Waals surface area contributed by atoms with Crippen molar-refractivity contribution in [3.63, 3.8) is 0 Å². The second-order valence-electron chi connectivity index (χ2n) is 4.96. The summed E-state index contributed by atoms with van der Waals surface area (Å²) >= 11 is 0. The first kappa shape index (κ1) is 13.1. The maximum absolute atomic E-state index is 12.5. The molecular formula is C15H22N2O. The predicted molar refractivity (Wildman–Crippen MR) is 74.8 cm³/mol. The first-order chi connectivity index (χ1) is 8.72. The Hall–Kier alpha value is -1.35. The van der Waals surface area contributed by atoms with E-state index < -0.39 is 0 Å². The van der Waals surface area contributed by atoms with Gasteiger partial charge in [-0.2, -0.15) is 0 Å². The van der Waals surface area contributed by atoms with Crippen LogP contribution in [0.3, 0.4) is 0 Å². The highest BCUT2D eigenvalue weighted by atomic mass is 16.2. The van der Waals surface area contributed by atoms with Gasteiger partial charge in [0, 0.05) is 18.8 Å². The number of hydrogen-bond donors (Lipinski definition) is 1. The minimum Gasteiger partial charge on any atom is -0.316 e. The molecule has 0 unspecified atom stereocenters. The van der Waals surface area contributed by atoms with E-state index in [-0.39, 0.29) is 11.8 Å². The third-order valence-electron chi connectivity index (χ3n) is 3.54. The summed E-state index contributed by atoms with van der Waals surface area (Å²) in [6, 6.07) is 8.17. The number of nitrogens with zero attached hydrogens (tertiary/aromatic N) is 1. The molecule has 2 rings (SSSR count). The van der Waals surface area contributed by atoms with E-state index in [0.717, 1.165) is 38.2 Å². The Bertz CT molecular complexity index is 411. The maximum atomic E-state index is 12.5. The molecule has 1 aliphatic rings. The van der Waals surface area contributed by atoms with Crippen LogP contribution in [0, 0.1) is 12.8 Å². The molecule has 1 aliphatic heterocycles. The average molecular weight is 246 g/mol. The van der Waals surface area contributed by atoms with Gasteiger partial charge >= 0.3 is 0 Å². The van der Waals surface area contributed by atoms with E-state index in [4.69, 9.17) is 0 Å². The van der Waals surface area contributed by atoms with Crippen LogP contribution in [0.15, 0.2) is 24.3 Å². The van der Waals surface area contributed by atoms with E-state index in [2.05, 4.69) is 24.4 Å². The molecule has 3 heteroatoms. The molecule has 0 aromatic heterocycles. The van der Waals surface area contributed by atoms with E-state index in [1.54, 1.807) is 0 Å². The van der Waals surface area contributed by atoms with Crippen molar-refractivity contribution >= 4 is 11.6 Å². The van der Waals surface area contributed by atoms with Gasteiger partial charge in [-0.25, -0.2) is 0 Å². The van der Waals surface area contributed by atoms with E-state index in [9.17, 15) is 4.79 Å². The molecule has 0 bridgehead atoms. The first-order valence-corrected chi connectivity index (χ1v) is 6.81. The van der Waals surface area contributed by atoms with Crippen LogP contribution in [0.4, 0.5) is 5.69 Å². The summed E-state index contributed by atoms with van der Waals surface area (Å²) in [4.78, 5) is 14.4. The molecular weight excluding hydrogens is 224 g/mol. The van der Waals surface area contributed by atoms with Crippen LogP contribution < -0.4 is 10.2 Å². The molecule has 1 atom stereocenters. The number of carbonyl (C=O) groups excluding carboxylic acids is 1. The minimum absolute atomic E-state index is 0.138. The topological polar surface area (TPSA) is 32.3 Å². The van der Waals surface area contributed by atoms with Gasteiger partial charge in [0.15, 0.2) is 0 Å². The number of aryl methyl sites for hydroxylation is 1. The fourth-order valence-electron chi connectivity index (χ4n) is 2.54. The van der Waals surface area contributed by atoms with Crippen molar-refractivity contribution in [2.24, 2.45) is 5.92 Å². The molecule has 98 valence electrons. The lowest BCUT2D eigenvalue weighted by Gasteiger charge is -2.29. The standard InChI is InChI=1S/C15H22N2O/c1-3-17(14-8-4-6-12(2)10-14)15(18)13-7-5-9-16-11-13/h4,6,8,10,13,16H,3,5,7,9,11H2,1-2H3/t13-/m1/s1. The van der Waals surface area contributed by atoms with Crippen molar-refractivity contribution in [2.45, 2.75) is 26.7 Å². The number of rotatable bonds is 3. The van der Waals surface area contributed by atoms with E-state index in [1.807, 2.05) is 24.0 Å². The van der Waals surface area contributed by atoms with E-state index in [1.165, 1.54) is 5.56 Å². The summed E-state index contributed by atoms with van der Waals surface area (Å²) in [5.74, 6) is 0.398. The van der Waals surface area contributed by atoms with Crippen molar-refractivity contribution < 1.29 is 4.79 Å². The summed E-state index contributed by atoms with van der Waals surface area (Å²) in [5.41, 5.74) is 2.22. The van der Waals surface area contributed by atoms with Crippen LogP contribution >= 0.6 is 0 Å². The van der Waals surface area contributed by atoms with Crippen molar-refractivity contribution in [1.29, 1.82) is 0 Å². The zero-order chi connectivity index (χ0) is 13.0. The van der Waals surface area contributed by atoms with E-state index >= 15 is 0 Å². The lowest BCUT2D eigenvalue weighted by atomic mass is 9.97. The Balaban J connectivity index is 2.14. The summed E-state index contributed by atoms with van der Waals surface area (Å²) in [7, 11) is 0. The van der Waals surface area contributed by atoms with Crippen molar-refractivity contribution in [1.82, 2.24) is 5.32 Å². The van der Waals surface area contributed by atoms with Gasteiger partial charge in [-0.1, -0.05) is 12.1 Å². The summed E-state index contributed by atoms with van der Waals surface area (Å²) in [6.45, 7) is 6.70. The second-order valence-corrected chi connectivity index (χ2v) is 4.96. The summed E-state index contributed by atoms with van der Waals surface area (Å²) < 4.78 is 0. The molecule has 0 radical (unpaired) electrons. The molecule has 1 heterocycles. The molecule has 18 heavy (non-hydrogen) atoms. The number of piperidine rings is 1. The van der Waals surface area contributed by atoms with Crippen molar-refractivity contribution in [3.8, 4) is 0 Å². The largest absolute Gasteiger partial charge is 0.316 e. The number of nitrogens with one attached hydrogen (secondary N) is 1. The highest BCUT2D eigenvalue weighted by Gasteiger charge is 2.25. The summed E-state index contributed by atoms with van der Waals surface area (Å²) in [6.07, 6.45) is 2.11. The number of benzene rings is 1. The zero-order valence-corrected chi connectivity index (χ0v) is 11.3. The monoisotopic (exact) mass is 246 g/mol. The normalized spacial score (nSPS) is 19.6. The van der Waals surface area contributed by atoms with Crippen molar-refractivity contribution in [2.75, 3.05) is 24.5 Å². The van der Waals surface area contributed by atoms with Crippen LogP contribution in [0.5, 0.6) is 0 Å². The fourth-order valence-corrected chi connectivity index (χ4v) is 2.54. The Labute approximate surface area is 109 Å². The fraction of sp³-hybridized carbons (Fsp3) is 0.533. The van der Waals surface area contributed by atoms with Crippen LogP contribution in [-0.4, -0.2) is 25.5 Å². The molecule has 1 fully saturated rings. The van der Waals surface area contributed by atoms with Gasteiger partial charge in [-0.3, -0.25) is 4.79 Å². The number of amides is 1. The van der Waals surface area contributed by atoms with Crippen LogP contribution in [0.2, 0.25) is 0 Å². The van der Waals surface area contributed by atoms with Crippen LogP contribution in [-0.2, 0) is 4.79 Å². The van der Waals surface area contributed by atoms with Crippen LogP contribution in [0.25, 0.3) is 0 Å². The molecule has 0 aliphatic carbocycles. The number of hydrogen-bond acceptors (Lipinski definition) is 2. The summed E-state index contributed by atoms with van der Waals surface area (Å²) in [5, 5.41) is 3.31. The zero-order valence-electron chi connectivity index (χ0n) is 11.3. The Kier molecular flexibility index (Phi) is 4.37. The van der Waals surface area contributed by atoms with Gasteiger partial charge in [0.05, 0.1) is 5.92 Å². The van der Waals surface area contributed by atoms with Gasteiger partial charge < -0.3 is 10.2 Å². The molecule has 1 amide bonds. The maximum Gasteiger partial charge on any atom is 0.231 e. The van der Waals surface area contributed by atoms with E-state index in [0.29, 0.717) is 0 Å². The number of anilines is 1. The van der Waals surface area contributed by atoms with Gasteiger partial charge in [-0.15, -0.1) is 0 Å². The van der Waals surface area contributed by atoms with Crippen LogP contribution in [0.1, 0.15) is 25.3 Å².